The van der Waals surface area contributed by atoms with Crippen molar-refractivity contribution in [2.75, 3.05) is 13.2 Å². The van der Waals surface area contributed by atoms with Crippen LogP contribution in [0.2, 0.25) is 0 Å². The molecule has 0 spiro atoms. The first-order valence-corrected chi connectivity index (χ1v) is 51.6. The van der Waals surface area contributed by atoms with Gasteiger partial charge in [0.05, 0.1) is 45.6 Å². The van der Waals surface area contributed by atoms with Crippen LogP contribution in [0.15, 0.2) is 322 Å². The first kappa shape index (κ1) is 91.5. The molecule has 0 saturated carbocycles. The van der Waals surface area contributed by atoms with Gasteiger partial charge in [-0.3, -0.25) is 0 Å². The molecule has 2 aliphatic carbocycles. The summed E-state index contributed by atoms with van der Waals surface area (Å²) in [5.74, 6) is 0.457. The van der Waals surface area contributed by atoms with Crippen LogP contribution in [0.5, 0.6) is 0 Å². The van der Waals surface area contributed by atoms with Crippen LogP contribution < -0.4 is 31.8 Å². The van der Waals surface area contributed by atoms with E-state index in [9.17, 15) is 26.4 Å². The Morgan fingerprint density at radius 1 is 0.512 bits per heavy atom. The molecule has 0 N–H and O–H groups in total. The molecule has 626 valence electrons. The molecule has 7 heterocycles. The first-order chi connectivity index (χ1) is 58.4. The van der Waals surface area contributed by atoms with Crippen LogP contribution in [0, 0.1) is 11.8 Å². The number of halogens is 3. The zero-order chi connectivity index (χ0) is 85.7. The number of fused-ring (bicyclic) bond motifs is 2. The minimum atomic E-state index is -3.89. The van der Waals surface area contributed by atoms with Crippen molar-refractivity contribution in [2.24, 2.45) is 11.8 Å². The number of ether oxygens (including phenoxy) is 2. The molecule has 0 amide bonds. The first-order valence-electron chi connectivity index (χ1n) is 39.4. The van der Waals surface area contributed by atoms with E-state index in [2.05, 4.69) is 272 Å². The fourth-order valence-electron chi connectivity index (χ4n) is 13.6. The summed E-state index contributed by atoms with van der Waals surface area (Å²) >= 11 is 5.59. The van der Waals surface area contributed by atoms with Gasteiger partial charge in [0.2, 0.25) is 10.0 Å². The Bertz CT molecular complexity index is 5750. The number of hydrogen-bond donors (Lipinski definition) is 0. The maximum absolute atomic E-state index is 13.5. The molecule has 2 atom stereocenters. The van der Waals surface area contributed by atoms with Crippen molar-refractivity contribution in [3.8, 4) is 22.5 Å². The predicted molar refractivity (Wildman–Crippen MR) is 500 cm³/mol. The van der Waals surface area contributed by atoms with E-state index in [0.717, 1.165) is 52.5 Å². The van der Waals surface area contributed by atoms with E-state index in [1.165, 1.54) is 95.6 Å². The van der Waals surface area contributed by atoms with E-state index in [4.69, 9.17) is 37.8 Å². The van der Waals surface area contributed by atoms with Crippen molar-refractivity contribution in [2.45, 2.75) is 115 Å². The molecule has 0 bridgehead atoms. The molecular formula is C94H92BBrCl2N6O10P2PdS4. The topological polar surface area (TPSA) is 201 Å². The predicted octanol–water partition coefficient (Wildman–Crippen LogP) is 21.7. The van der Waals surface area contributed by atoms with E-state index in [1.807, 2.05) is 6.07 Å². The summed E-state index contributed by atoms with van der Waals surface area (Å²) in [7, 11) is 0.869. The van der Waals surface area contributed by atoms with Crippen LogP contribution in [-0.2, 0) is 54.8 Å². The Morgan fingerprint density at radius 2 is 0.843 bits per heavy atom. The third-order valence-corrected chi connectivity index (χ3v) is 30.9. The number of carbonyl (C=O) groups is 2. The maximum atomic E-state index is 13.5. The van der Waals surface area contributed by atoms with Crippen LogP contribution in [0.1, 0.15) is 119 Å². The van der Waals surface area contributed by atoms with Crippen LogP contribution in [0.25, 0.3) is 50.2 Å². The van der Waals surface area contributed by atoms with Gasteiger partial charge in [0, 0.05) is 61.9 Å². The standard InChI is InChI=1S/C26H25N3O4S2.C19H14BrN3O4S2.2C18H15P.C13H23BO2.2ClH.Pd/c1-3-33-26(30)25-28-23(16-34-25)22-15-29(35(31,32)20-7-5-4-6-8-20)24-21(22)13-19(14-27-24)18-11-9-17(2)10-12-18;1-2-27-19(24)18-22-16(11-28-18)15-10-23(17-14(15)8-12(20)9-21-17)29(25,26)13-6-4-3-5-7-13;2*1-4-10-16(11-5-1)19(17-12-6-2-7-13-17)18-14-8-3-9-15-18;1-10-6-8-11(9-7-10)14-15-12(2,3)13(4,5)16-14;;;/h4-8,11,13-17H,3,9-10,12H2,1-2H3;3-11H,2H2,1H3;2*1-15H;8,10H,6-7,9H2,1-5H3;2*1H;/q;;;;;;;+2/p-2. The average molecular weight is 1920 g/mol. The van der Waals surface area contributed by atoms with Crippen LogP contribution >= 0.6 is 73.5 Å². The maximum Gasteiger partial charge on any atom is -0.0134 e. The second kappa shape index (κ2) is 43.1. The molecule has 17 rings (SSSR count). The number of benzene rings is 8. The summed E-state index contributed by atoms with van der Waals surface area (Å²) < 4.78 is 78.7. The van der Waals surface area contributed by atoms with Crippen LogP contribution in [-0.4, -0.2) is 88.2 Å². The van der Waals surface area contributed by atoms with Gasteiger partial charge in [-0.05, 0) is 209 Å². The summed E-state index contributed by atoms with van der Waals surface area (Å²) in [6.45, 7) is 16.9. The minimum Gasteiger partial charge on any atom is -0.0622 e. The number of allylic oxidation sites excluding steroid dienone is 4. The van der Waals surface area contributed by atoms with Gasteiger partial charge in [-0.1, -0.05) is 244 Å². The summed E-state index contributed by atoms with van der Waals surface area (Å²) in [6, 6.07) is 84.8. The number of esters is 2. The molecular weight excluding hydrogens is 1830 g/mol. The SMILES string of the molecule is CC1CC=C(B2OC(C)(C)C(C)(C)O2)CC1.CCOC(=O)c1nc(-c2cn(S(=O)(=O)c3ccccc3)c3ncc(Br)cc23)cs1.CCOC(=O)c1nc(-c2cn(S(=O)(=O)c3ccccc3)c3ncc(C4=CCC(C)CC4)cc23)cs1.[Cl][Pd][Cl].c1ccc(P(c2ccccc2)c2ccccc2)cc1.c1ccc(P(c2ccccc2)c2ccccc2)cc1. The van der Waals surface area contributed by atoms with E-state index in [0.29, 0.717) is 49.3 Å². The van der Waals surface area contributed by atoms with Gasteiger partial charge in [-0.25, -0.2) is 54.3 Å². The Kier molecular flexibility index (Phi) is 32.6. The number of thiazole rings is 2. The normalized spacial score (nSPS) is 15.3. The van der Waals surface area contributed by atoms with Gasteiger partial charge in [-0.2, -0.15) is 0 Å². The van der Waals surface area contributed by atoms with Crippen molar-refractivity contribution >= 4 is 172 Å². The Morgan fingerprint density at radius 3 is 1.17 bits per heavy atom. The van der Waals surface area contributed by atoms with E-state index >= 15 is 0 Å². The smallest absolute Gasteiger partial charge is 0.0134 e. The third kappa shape index (κ3) is 23.0. The molecule has 3 aliphatic rings. The summed E-state index contributed by atoms with van der Waals surface area (Å²) in [4.78, 5) is 42.2. The molecule has 2 unspecified atom stereocenters. The Balaban J connectivity index is 0.000000141. The number of pyridine rings is 2. The number of aromatic nitrogens is 6. The van der Waals surface area contributed by atoms with E-state index < -0.39 is 47.8 Å². The van der Waals surface area contributed by atoms with Crippen molar-refractivity contribution in [1.82, 2.24) is 27.9 Å². The van der Waals surface area contributed by atoms with Crippen molar-refractivity contribution in [3.05, 3.63) is 328 Å². The fraction of sp³-hybridized carbons (Fsp3) is 0.213. The van der Waals surface area contributed by atoms with Crippen molar-refractivity contribution < 1.29 is 61.1 Å². The number of rotatable bonds is 18. The molecule has 8 aromatic carbocycles. The quantitative estimate of drug-likeness (QED) is 0.0446. The van der Waals surface area contributed by atoms with Crippen LogP contribution in [0.4, 0.5) is 0 Å². The van der Waals surface area contributed by atoms with Crippen molar-refractivity contribution in [3.63, 3.8) is 0 Å². The van der Waals surface area contributed by atoms with Gasteiger partial charge >= 0.3 is 54.1 Å². The summed E-state index contributed by atoms with van der Waals surface area (Å²) in [5.41, 5.74) is 5.86. The van der Waals surface area contributed by atoms with E-state index in [-0.39, 0.29) is 72.9 Å². The van der Waals surface area contributed by atoms with Gasteiger partial charge < -0.3 is 18.8 Å². The second-order valence-electron chi connectivity index (χ2n) is 29.5. The van der Waals surface area contributed by atoms with Gasteiger partial charge in [0.25, 0.3) is 20.0 Å². The molecule has 0 radical (unpaired) electrons. The third-order valence-electron chi connectivity index (χ3n) is 20.6. The fourth-order valence-corrected chi connectivity index (χ4v) is 22.7. The molecule has 1 aliphatic heterocycles. The molecule has 1 fully saturated rings. The minimum absolute atomic E-state index is 0.106. The van der Waals surface area contributed by atoms with Gasteiger partial charge in [-0.15, -0.1) is 22.7 Å². The molecule has 14 aromatic rings. The molecule has 1 saturated heterocycles. The second-order valence-corrected chi connectivity index (χ2v) is 42.6. The average Bonchev–Trinajstić information content (AvgIpc) is 1.60. The van der Waals surface area contributed by atoms with Gasteiger partial charge in [0.15, 0.2) is 11.3 Å². The largest absolute Gasteiger partial charge is 0.0622 e. The zero-order valence-corrected chi connectivity index (χ0v) is 77.7. The van der Waals surface area contributed by atoms with Gasteiger partial charge in [0.1, 0.15) is 0 Å². The van der Waals surface area contributed by atoms with Crippen LogP contribution in [0.3, 0.4) is 0 Å². The van der Waals surface area contributed by atoms with Crippen molar-refractivity contribution in [1.29, 1.82) is 0 Å². The monoisotopic (exact) mass is 1920 g/mol. The number of carbonyl (C=O) groups excluding carboxylic acids is 2. The molecule has 27 heteroatoms. The van der Waals surface area contributed by atoms with E-state index in [1.54, 1.807) is 91.6 Å². The molecule has 16 nitrogen and oxygen atoms in total. The zero-order valence-electron chi connectivity index (χ0n) is 68.0. The molecule has 6 aromatic heterocycles. The molecule has 121 heavy (non-hydrogen) atoms. The Labute approximate surface area is 744 Å². The summed E-state index contributed by atoms with van der Waals surface area (Å²) in [5, 5.41) is 13.5. The summed E-state index contributed by atoms with van der Waals surface area (Å²) in [6.07, 6.45) is 17.5. The number of nitrogens with zero attached hydrogens (tertiary/aromatic N) is 6. The Hall–Kier alpha value is -8.71. The number of hydrogen-bond acceptors (Lipinski definition) is 16.